The molecule has 11 nitrogen and oxygen atoms in total. The van der Waals surface area contributed by atoms with Crippen LogP contribution in [0.25, 0.3) is 0 Å². The number of nitrogens with zero attached hydrogens (tertiary/aromatic N) is 4. The number of hydrogen-bond donors (Lipinski definition) is 3. The lowest BCUT2D eigenvalue weighted by atomic mass is 9.91. The maximum absolute atomic E-state index is 12.0. The highest BCUT2D eigenvalue weighted by Crippen LogP contribution is 2.42. The van der Waals surface area contributed by atoms with Gasteiger partial charge in [0.05, 0.1) is 18.8 Å². The average molecular weight is 556 g/mol. The van der Waals surface area contributed by atoms with E-state index in [2.05, 4.69) is 27.8 Å². The first-order chi connectivity index (χ1) is 18.8. The summed E-state index contributed by atoms with van der Waals surface area (Å²) in [5.74, 6) is -0.421. The molecule has 1 aromatic heterocycles. The van der Waals surface area contributed by atoms with Gasteiger partial charge in [-0.05, 0) is 33.5 Å². The molecule has 39 heavy (non-hydrogen) atoms. The zero-order valence-corrected chi connectivity index (χ0v) is 22.7. The molecule has 3 N–H and O–H groups in total. The van der Waals surface area contributed by atoms with Gasteiger partial charge in [0.1, 0.15) is 0 Å². The van der Waals surface area contributed by atoms with Crippen molar-refractivity contribution in [1.29, 1.82) is 0 Å². The number of carboxylic acid groups (broad SMARTS) is 1. The first kappa shape index (κ1) is 28.7. The molecule has 0 bridgehead atoms. The molecule has 1 saturated heterocycles. The van der Waals surface area contributed by atoms with Gasteiger partial charge in [-0.25, -0.2) is 4.68 Å². The van der Waals surface area contributed by atoms with Crippen LogP contribution < -0.4 is 5.32 Å². The SMILES string of the molecule is CC1C(CSc2nnnn2C)OC(c2ccc(CNC(=O)CCCC(=O)O)cc2)OC1c1ccc(CO)cc1. The Morgan fingerprint density at radius 2 is 1.72 bits per heavy atom. The number of aliphatic hydroxyl groups is 1. The minimum atomic E-state index is -0.907. The molecule has 4 atom stereocenters. The van der Waals surface area contributed by atoms with Crippen LogP contribution in [-0.4, -0.2) is 54.2 Å². The Balaban J connectivity index is 1.44. The fourth-order valence-electron chi connectivity index (χ4n) is 4.29. The molecular formula is C27H33N5O6S. The molecule has 4 unspecified atom stereocenters. The number of tetrazole rings is 1. The van der Waals surface area contributed by atoms with Crippen molar-refractivity contribution in [2.24, 2.45) is 13.0 Å². The first-order valence-electron chi connectivity index (χ1n) is 12.8. The molecule has 1 aliphatic heterocycles. The molecule has 2 aromatic carbocycles. The number of amides is 1. The van der Waals surface area contributed by atoms with Crippen molar-refractivity contribution in [2.45, 2.75) is 63.0 Å². The molecule has 4 rings (SSSR count). The van der Waals surface area contributed by atoms with Gasteiger partial charge in [0.15, 0.2) is 6.29 Å². The number of carbonyl (C=O) groups is 2. The highest BCUT2D eigenvalue weighted by Gasteiger charge is 2.38. The lowest BCUT2D eigenvalue weighted by Crippen LogP contribution is -2.38. The van der Waals surface area contributed by atoms with Gasteiger partial charge in [-0.3, -0.25) is 9.59 Å². The first-order valence-corrected chi connectivity index (χ1v) is 13.8. The standard InChI is InChI=1S/C27H33N5O6S/c1-17-22(16-39-27-29-30-31-32(27)2)37-26(38-25(17)20-10-8-19(15-33)9-11-20)21-12-6-18(7-13-21)14-28-23(34)4-3-5-24(35)36/h6-13,17,22,25-26,33H,3-5,14-16H2,1-2H3,(H,28,34)(H,35,36). The smallest absolute Gasteiger partial charge is 0.303 e. The highest BCUT2D eigenvalue weighted by molar-refractivity contribution is 7.99. The minimum Gasteiger partial charge on any atom is -0.481 e. The number of carbonyl (C=O) groups excluding carboxylic acids is 1. The highest BCUT2D eigenvalue weighted by atomic mass is 32.2. The molecule has 2 heterocycles. The van der Waals surface area contributed by atoms with Crippen LogP contribution in [0.4, 0.5) is 0 Å². The Kier molecular flexibility index (Phi) is 10.0. The zero-order valence-electron chi connectivity index (χ0n) is 21.9. The van der Waals surface area contributed by atoms with Gasteiger partial charge < -0.3 is 25.0 Å². The molecule has 208 valence electrons. The Morgan fingerprint density at radius 1 is 1.03 bits per heavy atom. The predicted molar refractivity (Wildman–Crippen MR) is 142 cm³/mol. The van der Waals surface area contributed by atoms with Crippen LogP contribution in [0.3, 0.4) is 0 Å². The summed E-state index contributed by atoms with van der Waals surface area (Å²) in [4.78, 5) is 22.6. The van der Waals surface area contributed by atoms with Gasteiger partial charge in [0.2, 0.25) is 11.1 Å². The van der Waals surface area contributed by atoms with E-state index >= 15 is 0 Å². The maximum atomic E-state index is 12.0. The second-order valence-corrected chi connectivity index (χ2v) is 10.5. The molecule has 1 aliphatic rings. The van der Waals surface area contributed by atoms with E-state index in [0.29, 0.717) is 23.9 Å². The fourth-order valence-corrected chi connectivity index (χ4v) is 5.30. The predicted octanol–water partition coefficient (Wildman–Crippen LogP) is 3.16. The van der Waals surface area contributed by atoms with Gasteiger partial charge in [0.25, 0.3) is 0 Å². The van der Waals surface area contributed by atoms with Crippen molar-refractivity contribution in [3.8, 4) is 0 Å². The third kappa shape index (κ3) is 7.85. The second-order valence-electron chi connectivity index (χ2n) is 9.48. The molecule has 0 spiro atoms. The van der Waals surface area contributed by atoms with E-state index in [1.165, 1.54) is 11.8 Å². The summed E-state index contributed by atoms with van der Waals surface area (Å²) >= 11 is 1.52. The van der Waals surface area contributed by atoms with E-state index in [4.69, 9.17) is 14.6 Å². The third-order valence-electron chi connectivity index (χ3n) is 6.62. The van der Waals surface area contributed by atoms with Crippen molar-refractivity contribution in [3.63, 3.8) is 0 Å². The number of rotatable bonds is 12. The summed E-state index contributed by atoms with van der Waals surface area (Å²) in [6.45, 7) is 2.43. The molecule has 3 aromatic rings. The lowest BCUT2D eigenvalue weighted by molar-refractivity contribution is -0.268. The fraction of sp³-hybridized carbons (Fsp3) is 0.444. The number of aryl methyl sites for hydroxylation is 1. The number of nitrogens with one attached hydrogen (secondary N) is 1. The Hall–Kier alpha value is -3.32. The summed E-state index contributed by atoms with van der Waals surface area (Å²) in [7, 11) is 1.80. The van der Waals surface area contributed by atoms with E-state index < -0.39 is 12.3 Å². The van der Waals surface area contributed by atoms with E-state index in [-0.39, 0.29) is 43.5 Å². The van der Waals surface area contributed by atoms with Crippen LogP contribution in [0, 0.1) is 5.92 Å². The Labute approximate surface area is 230 Å². The van der Waals surface area contributed by atoms with Crippen LogP contribution >= 0.6 is 11.8 Å². The molecule has 0 saturated carbocycles. The van der Waals surface area contributed by atoms with Crippen molar-refractivity contribution >= 4 is 23.6 Å². The molecule has 12 heteroatoms. The van der Waals surface area contributed by atoms with Gasteiger partial charge in [-0.2, -0.15) is 0 Å². The minimum absolute atomic E-state index is 0.0206. The van der Waals surface area contributed by atoms with Crippen molar-refractivity contribution < 1.29 is 29.3 Å². The van der Waals surface area contributed by atoms with Gasteiger partial charge in [-0.1, -0.05) is 67.2 Å². The summed E-state index contributed by atoms with van der Waals surface area (Å²) in [5.41, 5.74) is 3.60. The molecular weight excluding hydrogens is 522 g/mol. The Bertz CT molecular complexity index is 1240. The molecule has 1 fully saturated rings. The Morgan fingerprint density at radius 3 is 2.36 bits per heavy atom. The van der Waals surface area contributed by atoms with Crippen LogP contribution in [0.1, 0.15) is 60.8 Å². The summed E-state index contributed by atoms with van der Waals surface area (Å²) in [6, 6.07) is 15.4. The van der Waals surface area contributed by atoms with Gasteiger partial charge in [0, 0.05) is 43.7 Å². The zero-order chi connectivity index (χ0) is 27.8. The number of thioether (sulfide) groups is 1. The van der Waals surface area contributed by atoms with E-state index in [1.54, 1.807) is 11.7 Å². The number of aliphatic hydroxyl groups excluding tert-OH is 1. The summed E-state index contributed by atoms with van der Waals surface area (Å²) in [5, 5.41) is 33.3. The number of aliphatic carboxylic acids is 1. The number of carboxylic acids is 1. The number of aromatic nitrogens is 4. The number of hydrogen-bond acceptors (Lipinski definition) is 9. The third-order valence-corrected chi connectivity index (χ3v) is 7.72. The van der Waals surface area contributed by atoms with Crippen molar-refractivity contribution in [2.75, 3.05) is 5.75 Å². The quantitative estimate of drug-likeness (QED) is 0.285. The van der Waals surface area contributed by atoms with Gasteiger partial charge in [-0.15, -0.1) is 5.10 Å². The van der Waals surface area contributed by atoms with Crippen LogP contribution in [0.5, 0.6) is 0 Å². The second kappa shape index (κ2) is 13.7. The number of benzene rings is 2. The summed E-state index contributed by atoms with van der Waals surface area (Å²) < 4.78 is 14.5. The largest absolute Gasteiger partial charge is 0.481 e. The topological polar surface area (TPSA) is 149 Å². The maximum Gasteiger partial charge on any atom is 0.303 e. The van der Waals surface area contributed by atoms with E-state index in [1.807, 2.05) is 48.5 Å². The molecule has 0 radical (unpaired) electrons. The molecule has 1 amide bonds. The van der Waals surface area contributed by atoms with Crippen LogP contribution in [0.2, 0.25) is 0 Å². The van der Waals surface area contributed by atoms with Crippen molar-refractivity contribution in [1.82, 2.24) is 25.5 Å². The van der Waals surface area contributed by atoms with Crippen LogP contribution in [-0.2, 0) is 39.3 Å². The van der Waals surface area contributed by atoms with Crippen LogP contribution in [0.15, 0.2) is 53.7 Å². The number of ether oxygens (including phenoxy) is 2. The van der Waals surface area contributed by atoms with E-state index in [9.17, 15) is 14.7 Å². The van der Waals surface area contributed by atoms with Crippen molar-refractivity contribution in [3.05, 3.63) is 70.8 Å². The molecule has 0 aliphatic carbocycles. The lowest BCUT2D eigenvalue weighted by Gasteiger charge is -2.41. The van der Waals surface area contributed by atoms with E-state index in [0.717, 1.165) is 22.3 Å². The average Bonchev–Trinajstić information content (AvgIpc) is 3.36. The van der Waals surface area contributed by atoms with Gasteiger partial charge >= 0.3 is 5.97 Å². The summed E-state index contributed by atoms with van der Waals surface area (Å²) in [6.07, 6.45) is -0.528. The normalized spacial score (nSPS) is 21.0. The monoisotopic (exact) mass is 555 g/mol.